The molecule has 2 N–H and O–H groups in total. The molecule has 0 aliphatic carbocycles. The van der Waals surface area contributed by atoms with E-state index >= 15 is 0 Å². The molecular formula is C32H52N2O6. The topological polar surface area (TPSA) is 105 Å². The molecule has 8 nitrogen and oxygen atoms in total. The van der Waals surface area contributed by atoms with Crippen LogP contribution in [-0.2, 0) is 25.5 Å². The fourth-order valence-electron chi connectivity index (χ4n) is 4.29. The molecule has 0 heterocycles. The van der Waals surface area contributed by atoms with Crippen molar-refractivity contribution < 1.29 is 29.0 Å². The van der Waals surface area contributed by atoms with E-state index in [1.165, 1.54) is 44.1 Å². The van der Waals surface area contributed by atoms with E-state index in [1.807, 2.05) is 6.08 Å². The van der Waals surface area contributed by atoms with Crippen molar-refractivity contribution in [2.45, 2.75) is 116 Å². The van der Waals surface area contributed by atoms with E-state index in [-0.39, 0.29) is 36.7 Å². The highest BCUT2D eigenvalue weighted by Crippen LogP contribution is 2.25. The maximum Gasteiger partial charge on any atom is 0.305 e. The summed E-state index contributed by atoms with van der Waals surface area (Å²) in [6.07, 6.45) is 17.1. The summed E-state index contributed by atoms with van der Waals surface area (Å²) >= 11 is 0. The van der Waals surface area contributed by atoms with Crippen LogP contribution in [0.2, 0.25) is 0 Å². The number of carbonyl (C=O) groups excluding carboxylic acids is 3. The Balaban J connectivity index is 2.49. The summed E-state index contributed by atoms with van der Waals surface area (Å²) < 4.78 is 10.6. The minimum absolute atomic E-state index is 0.00598. The van der Waals surface area contributed by atoms with E-state index in [2.05, 4.69) is 12.2 Å². The Morgan fingerprint density at radius 3 is 2.35 bits per heavy atom. The van der Waals surface area contributed by atoms with Gasteiger partial charge in [-0.2, -0.15) is 0 Å². The van der Waals surface area contributed by atoms with E-state index in [4.69, 9.17) is 9.47 Å². The van der Waals surface area contributed by atoms with Crippen LogP contribution in [0.4, 0.5) is 5.69 Å². The molecule has 1 aromatic rings. The largest absolute Gasteiger partial charge is 0.469 e. The lowest BCUT2D eigenvalue weighted by atomic mass is 10.0. The van der Waals surface area contributed by atoms with E-state index in [0.29, 0.717) is 30.7 Å². The van der Waals surface area contributed by atoms with Gasteiger partial charge in [0.1, 0.15) is 5.75 Å². The summed E-state index contributed by atoms with van der Waals surface area (Å²) in [5.41, 5.74) is 1.40. The van der Waals surface area contributed by atoms with Crippen molar-refractivity contribution in [2.75, 3.05) is 26.5 Å². The molecule has 0 aliphatic rings. The highest BCUT2D eigenvalue weighted by Gasteiger charge is 2.11. The molecule has 0 saturated carbocycles. The third-order valence-electron chi connectivity index (χ3n) is 6.80. The molecular weight excluding hydrogens is 508 g/mol. The predicted molar refractivity (Wildman–Crippen MR) is 160 cm³/mol. The van der Waals surface area contributed by atoms with Gasteiger partial charge in [0, 0.05) is 39.0 Å². The first kappa shape index (κ1) is 35.2. The number of amides is 2. The molecule has 0 aromatic heterocycles. The summed E-state index contributed by atoms with van der Waals surface area (Å²) in [6, 6.07) is 5.35. The predicted octanol–water partition coefficient (Wildman–Crippen LogP) is 6.55. The minimum Gasteiger partial charge on any atom is -0.469 e. The van der Waals surface area contributed by atoms with Crippen LogP contribution in [0.1, 0.15) is 109 Å². The SMILES string of the molecule is CCCCCCCCC(O)CCCCC=COc1ccc(NC(=O)CCCC(=O)N(C)C)cc1CCC(=O)OC. The monoisotopic (exact) mass is 560 g/mol. The smallest absolute Gasteiger partial charge is 0.305 e. The molecule has 1 rings (SSSR count). The lowest BCUT2D eigenvalue weighted by molar-refractivity contribution is -0.140. The molecule has 0 aliphatic heterocycles. The van der Waals surface area contributed by atoms with Crippen LogP contribution in [0.5, 0.6) is 5.75 Å². The normalized spacial score (nSPS) is 11.8. The van der Waals surface area contributed by atoms with E-state index in [1.54, 1.807) is 38.6 Å². The quantitative estimate of drug-likeness (QED) is 0.0946. The Labute approximate surface area is 241 Å². The van der Waals surface area contributed by atoms with Crippen LogP contribution in [0, 0.1) is 0 Å². The van der Waals surface area contributed by atoms with Crippen LogP contribution < -0.4 is 10.1 Å². The molecule has 2 amide bonds. The number of nitrogens with one attached hydrogen (secondary N) is 1. The molecule has 1 atom stereocenters. The molecule has 226 valence electrons. The fraction of sp³-hybridized carbons (Fsp3) is 0.656. The maximum absolute atomic E-state index is 12.3. The van der Waals surface area contributed by atoms with Crippen molar-refractivity contribution in [3.63, 3.8) is 0 Å². The van der Waals surface area contributed by atoms with Crippen LogP contribution in [0.15, 0.2) is 30.5 Å². The first-order valence-corrected chi connectivity index (χ1v) is 15.0. The van der Waals surface area contributed by atoms with Crippen molar-refractivity contribution >= 4 is 23.5 Å². The Kier molecular flexibility index (Phi) is 19.2. The number of allylic oxidation sites excluding steroid dienone is 1. The Bertz CT molecular complexity index is 899. The number of unbranched alkanes of at least 4 members (excludes halogenated alkanes) is 7. The summed E-state index contributed by atoms with van der Waals surface area (Å²) in [4.78, 5) is 37.3. The van der Waals surface area contributed by atoms with Crippen molar-refractivity contribution in [1.82, 2.24) is 4.90 Å². The molecule has 8 heteroatoms. The number of aliphatic hydroxyl groups excluding tert-OH is 1. The maximum atomic E-state index is 12.3. The van der Waals surface area contributed by atoms with Gasteiger partial charge in [-0.05, 0) is 68.4 Å². The van der Waals surface area contributed by atoms with E-state index < -0.39 is 0 Å². The Hall–Kier alpha value is -2.87. The molecule has 1 unspecified atom stereocenters. The average Bonchev–Trinajstić information content (AvgIpc) is 2.93. The second-order valence-corrected chi connectivity index (χ2v) is 10.6. The number of nitrogens with zero attached hydrogens (tertiary/aromatic N) is 1. The highest BCUT2D eigenvalue weighted by molar-refractivity contribution is 5.91. The summed E-state index contributed by atoms with van der Waals surface area (Å²) in [5.74, 6) is 0.119. The second-order valence-electron chi connectivity index (χ2n) is 10.6. The fourth-order valence-corrected chi connectivity index (χ4v) is 4.29. The Morgan fingerprint density at radius 2 is 1.65 bits per heavy atom. The minimum atomic E-state index is -0.319. The van der Waals surface area contributed by atoms with Gasteiger partial charge in [-0.1, -0.05) is 51.9 Å². The summed E-state index contributed by atoms with van der Waals surface area (Å²) in [6.45, 7) is 2.22. The first-order chi connectivity index (χ1) is 19.3. The van der Waals surface area contributed by atoms with E-state index in [0.717, 1.165) is 44.1 Å². The number of ether oxygens (including phenoxy) is 2. The number of esters is 1. The number of hydrogen-bond acceptors (Lipinski definition) is 6. The number of hydrogen-bond donors (Lipinski definition) is 2. The summed E-state index contributed by atoms with van der Waals surface area (Å²) in [7, 11) is 4.75. The van der Waals surface area contributed by atoms with Gasteiger partial charge in [-0.25, -0.2) is 0 Å². The molecule has 0 spiro atoms. The van der Waals surface area contributed by atoms with Crippen LogP contribution in [-0.4, -0.2) is 55.1 Å². The molecule has 0 fully saturated rings. The van der Waals surface area contributed by atoms with Gasteiger partial charge < -0.3 is 24.8 Å². The zero-order chi connectivity index (χ0) is 29.6. The van der Waals surface area contributed by atoms with Gasteiger partial charge in [0.2, 0.25) is 11.8 Å². The van der Waals surface area contributed by atoms with Crippen molar-refractivity contribution in [3.05, 3.63) is 36.1 Å². The van der Waals surface area contributed by atoms with Gasteiger partial charge >= 0.3 is 5.97 Å². The Morgan fingerprint density at radius 1 is 0.950 bits per heavy atom. The van der Waals surface area contributed by atoms with Gasteiger partial charge in [0.25, 0.3) is 0 Å². The lowest BCUT2D eigenvalue weighted by Crippen LogP contribution is -2.21. The number of anilines is 1. The first-order valence-electron chi connectivity index (χ1n) is 15.0. The van der Waals surface area contributed by atoms with Crippen molar-refractivity contribution in [1.29, 1.82) is 0 Å². The van der Waals surface area contributed by atoms with Gasteiger partial charge in [-0.3, -0.25) is 14.4 Å². The number of rotatable bonds is 22. The van der Waals surface area contributed by atoms with Gasteiger partial charge in [0.05, 0.1) is 19.5 Å². The van der Waals surface area contributed by atoms with Gasteiger partial charge in [-0.15, -0.1) is 0 Å². The molecule has 1 aromatic carbocycles. The highest BCUT2D eigenvalue weighted by atomic mass is 16.5. The zero-order valence-corrected chi connectivity index (χ0v) is 25.2. The van der Waals surface area contributed by atoms with Crippen molar-refractivity contribution in [2.24, 2.45) is 0 Å². The third-order valence-corrected chi connectivity index (χ3v) is 6.80. The third kappa shape index (κ3) is 17.0. The summed E-state index contributed by atoms with van der Waals surface area (Å²) in [5, 5.41) is 13.0. The average molecular weight is 561 g/mol. The molecule has 40 heavy (non-hydrogen) atoms. The molecule has 0 bridgehead atoms. The number of carbonyl (C=O) groups is 3. The van der Waals surface area contributed by atoms with E-state index in [9.17, 15) is 19.5 Å². The van der Waals surface area contributed by atoms with Crippen LogP contribution >= 0.6 is 0 Å². The number of methoxy groups -OCH3 is 1. The second kappa shape index (κ2) is 21.9. The molecule has 0 saturated heterocycles. The van der Waals surface area contributed by atoms with Crippen LogP contribution in [0.25, 0.3) is 0 Å². The van der Waals surface area contributed by atoms with Crippen LogP contribution in [0.3, 0.4) is 0 Å². The zero-order valence-electron chi connectivity index (χ0n) is 25.2. The lowest BCUT2D eigenvalue weighted by Gasteiger charge is -2.12. The van der Waals surface area contributed by atoms with Gasteiger partial charge in [0.15, 0.2) is 0 Å². The van der Waals surface area contributed by atoms with Crippen molar-refractivity contribution in [3.8, 4) is 5.75 Å². The number of benzene rings is 1. The number of aliphatic hydroxyl groups is 1. The number of aryl methyl sites for hydroxylation is 1. The standard InChI is InChI=1S/C32H52N2O6/c1-5-6-7-8-9-12-16-28(35)17-13-10-11-14-24-40-29-22-21-27(25-26(29)20-23-32(38)39-4)33-30(36)18-15-19-31(37)34(2)3/h14,21-22,24-25,28,35H,5-13,15-20,23H2,1-4H3,(H,33,36). The molecule has 0 radical (unpaired) electrons.